The molecule has 0 aliphatic carbocycles. The van der Waals surface area contributed by atoms with Gasteiger partial charge in [0.1, 0.15) is 5.82 Å². The van der Waals surface area contributed by atoms with Crippen LogP contribution >= 0.6 is 0 Å². The van der Waals surface area contributed by atoms with Gasteiger partial charge in [0.25, 0.3) is 0 Å². The number of pyridine rings is 1. The minimum absolute atomic E-state index is 0.0666. The van der Waals surface area contributed by atoms with E-state index in [-0.39, 0.29) is 17.5 Å². The number of amides is 1. The molecule has 1 aliphatic heterocycles. The van der Waals surface area contributed by atoms with Crippen molar-refractivity contribution in [1.29, 1.82) is 0 Å². The Balaban J connectivity index is 1.45. The standard InChI is InChI=1S/C15H17N7O2/c1-21-15(24)22-8-9(4-5-12(22)20-21)14(23)17-7-11-10-3-2-6-16-13(10)19-18-11/h2-3,6,9H,4-5,7-8H2,1H3,(H,17,23)(H,16,18,19). The van der Waals surface area contributed by atoms with Gasteiger partial charge >= 0.3 is 5.69 Å². The number of hydrogen-bond donors (Lipinski definition) is 2. The van der Waals surface area contributed by atoms with Crippen molar-refractivity contribution < 1.29 is 4.79 Å². The summed E-state index contributed by atoms with van der Waals surface area (Å²) in [7, 11) is 1.63. The number of aromatic amines is 1. The van der Waals surface area contributed by atoms with Crippen LogP contribution in [0.2, 0.25) is 0 Å². The first-order valence-corrected chi connectivity index (χ1v) is 7.82. The van der Waals surface area contributed by atoms with Gasteiger partial charge in [0, 0.05) is 31.6 Å². The molecular formula is C15H17N7O2. The van der Waals surface area contributed by atoms with Crippen molar-refractivity contribution in [3.63, 3.8) is 0 Å². The molecule has 1 unspecified atom stereocenters. The van der Waals surface area contributed by atoms with Gasteiger partial charge in [0.15, 0.2) is 5.65 Å². The second-order valence-corrected chi connectivity index (χ2v) is 5.96. The highest BCUT2D eigenvalue weighted by atomic mass is 16.2. The van der Waals surface area contributed by atoms with Crippen molar-refractivity contribution in [2.75, 3.05) is 0 Å². The molecule has 24 heavy (non-hydrogen) atoms. The van der Waals surface area contributed by atoms with Crippen LogP contribution in [-0.4, -0.2) is 35.4 Å². The molecule has 124 valence electrons. The van der Waals surface area contributed by atoms with Crippen LogP contribution in [0.25, 0.3) is 11.0 Å². The van der Waals surface area contributed by atoms with Crippen LogP contribution in [0.3, 0.4) is 0 Å². The average molecular weight is 327 g/mol. The summed E-state index contributed by atoms with van der Waals surface area (Å²) < 4.78 is 2.91. The average Bonchev–Trinajstić information content (AvgIpc) is 3.14. The predicted molar refractivity (Wildman–Crippen MR) is 85.0 cm³/mol. The van der Waals surface area contributed by atoms with E-state index in [4.69, 9.17) is 0 Å². The van der Waals surface area contributed by atoms with Crippen LogP contribution in [0.4, 0.5) is 0 Å². The Morgan fingerprint density at radius 3 is 3.25 bits per heavy atom. The number of hydrogen-bond acceptors (Lipinski definition) is 5. The zero-order chi connectivity index (χ0) is 16.7. The number of H-pyrrole nitrogens is 1. The Labute approximate surface area is 136 Å². The quantitative estimate of drug-likeness (QED) is 0.688. The number of fused-ring (bicyclic) bond motifs is 2. The molecule has 0 spiro atoms. The lowest BCUT2D eigenvalue weighted by Crippen LogP contribution is -2.38. The smallest absolute Gasteiger partial charge is 0.345 e. The second-order valence-electron chi connectivity index (χ2n) is 5.96. The third-order valence-electron chi connectivity index (χ3n) is 4.42. The van der Waals surface area contributed by atoms with Crippen LogP contribution < -0.4 is 11.0 Å². The van der Waals surface area contributed by atoms with Crippen molar-refractivity contribution in [3.05, 3.63) is 40.3 Å². The third kappa shape index (κ3) is 2.38. The highest BCUT2D eigenvalue weighted by Crippen LogP contribution is 2.18. The van der Waals surface area contributed by atoms with Gasteiger partial charge in [-0.3, -0.25) is 14.5 Å². The molecule has 0 saturated carbocycles. The minimum atomic E-state index is -0.230. The van der Waals surface area contributed by atoms with Crippen LogP contribution in [0, 0.1) is 5.92 Å². The summed E-state index contributed by atoms with van der Waals surface area (Å²) in [5.41, 5.74) is 1.28. The first-order chi connectivity index (χ1) is 11.6. The Kier molecular flexibility index (Phi) is 3.40. The Morgan fingerprint density at radius 2 is 2.38 bits per heavy atom. The molecule has 4 heterocycles. The Bertz CT molecular complexity index is 968. The molecule has 3 aromatic rings. The van der Waals surface area contributed by atoms with Gasteiger partial charge in [-0.2, -0.15) is 10.2 Å². The molecule has 9 heteroatoms. The summed E-state index contributed by atoms with van der Waals surface area (Å²) in [6, 6.07) is 3.75. The van der Waals surface area contributed by atoms with E-state index in [1.54, 1.807) is 17.8 Å². The minimum Gasteiger partial charge on any atom is -0.350 e. The van der Waals surface area contributed by atoms with Crippen LogP contribution in [-0.2, 0) is 31.4 Å². The molecule has 9 nitrogen and oxygen atoms in total. The summed E-state index contributed by atoms with van der Waals surface area (Å²) in [5.74, 6) is 0.451. The fourth-order valence-electron chi connectivity index (χ4n) is 3.11. The van der Waals surface area contributed by atoms with E-state index in [2.05, 4.69) is 25.6 Å². The monoisotopic (exact) mass is 327 g/mol. The van der Waals surface area contributed by atoms with Gasteiger partial charge < -0.3 is 5.32 Å². The van der Waals surface area contributed by atoms with E-state index in [0.29, 0.717) is 31.6 Å². The molecular weight excluding hydrogens is 310 g/mol. The van der Waals surface area contributed by atoms with E-state index in [1.165, 1.54) is 4.68 Å². The number of rotatable bonds is 3. The lowest BCUT2D eigenvalue weighted by Gasteiger charge is -2.21. The summed E-state index contributed by atoms with van der Waals surface area (Å²) in [5, 5.41) is 15.0. The summed E-state index contributed by atoms with van der Waals surface area (Å²) in [4.78, 5) is 28.6. The number of carbonyl (C=O) groups excluding carboxylic acids is 1. The van der Waals surface area contributed by atoms with E-state index >= 15 is 0 Å². The van der Waals surface area contributed by atoms with Gasteiger partial charge in [-0.25, -0.2) is 14.5 Å². The van der Waals surface area contributed by atoms with Gasteiger partial charge in [0.05, 0.1) is 18.2 Å². The lowest BCUT2D eigenvalue weighted by molar-refractivity contribution is -0.126. The zero-order valence-electron chi connectivity index (χ0n) is 13.2. The highest BCUT2D eigenvalue weighted by molar-refractivity contribution is 5.80. The normalized spacial score (nSPS) is 17.0. The lowest BCUT2D eigenvalue weighted by atomic mass is 9.98. The Morgan fingerprint density at radius 1 is 1.50 bits per heavy atom. The van der Waals surface area contributed by atoms with Gasteiger partial charge in [-0.1, -0.05) is 0 Å². The summed E-state index contributed by atoms with van der Waals surface area (Å²) in [6.07, 6.45) is 3.00. The maximum atomic E-state index is 12.5. The van der Waals surface area contributed by atoms with E-state index in [1.807, 2.05) is 12.1 Å². The fraction of sp³-hybridized carbons (Fsp3) is 0.400. The maximum Gasteiger partial charge on any atom is 0.345 e. The predicted octanol–water partition coefficient (Wildman–Crippen LogP) is -0.268. The van der Waals surface area contributed by atoms with Crippen molar-refractivity contribution >= 4 is 16.9 Å². The summed E-state index contributed by atoms with van der Waals surface area (Å²) >= 11 is 0. The second kappa shape index (κ2) is 5.59. The van der Waals surface area contributed by atoms with Crippen molar-refractivity contribution in [1.82, 2.24) is 34.8 Å². The summed E-state index contributed by atoms with van der Waals surface area (Å²) in [6.45, 7) is 0.728. The van der Waals surface area contributed by atoms with Gasteiger partial charge in [-0.05, 0) is 18.6 Å². The van der Waals surface area contributed by atoms with Crippen LogP contribution in [0.15, 0.2) is 23.1 Å². The molecule has 0 radical (unpaired) electrons. The van der Waals surface area contributed by atoms with E-state index in [0.717, 1.165) is 16.9 Å². The Hall–Kier alpha value is -2.97. The zero-order valence-corrected chi connectivity index (χ0v) is 13.2. The molecule has 0 bridgehead atoms. The highest BCUT2D eigenvalue weighted by Gasteiger charge is 2.27. The molecule has 0 saturated heterocycles. The SMILES string of the molecule is Cn1nc2n(c1=O)CC(C(=O)NCc1[nH]nc3ncccc13)CC2. The first-order valence-electron chi connectivity index (χ1n) is 7.82. The number of carbonyl (C=O) groups is 1. The number of aryl methyl sites for hydroxylation is 2. The molecule has 1 atom stereocenters. The largest absolute Gasteiger partial charge is 0.350 e. The molecule has 3 aromatic heterocycles. The van der Waals surface area contributed by atoms with Crippen molar-refractivity contribution in [2.24, 2.45) is 13.0 Å². The number of aromatic nitrogens is 6. The topological polar surface area (TPSA) is 110 Å². The van der Waals surface area contributed by atoms with Crippen LogP contribution in [0.1, 0.15) is 17.9 Å². The number of nitrogens with zero attached hydrogens (tertiary/aromatic N) is 5. The third-order valence-corrected chi connectivity index (χ3v) is 4.42. The molecule has 1 amide bonds. The molecule has 0 aromatic carbocycles. The van der Waals surface area contributed by atoms with Gasteiger partial charge in [-0.15, -0.1) is 0 Å². The van der Waals surface area contributed by atoms with Gasteiger partial charge in [0.2, 0.25) is 5.91 Å². The maximum absolute atomic E-state index is 12.5. The molecule has 1 aliphatic rings. The molecule has 4 rings (SSSR count). The van der Waals surface area contributed by atoms with Crippen molar-refractivity contribution in [3.8, 4) is 0 Å². The van der Waals surface area contributed by atoms with E-state index in [9.17, 15) is 9.59 Å². The fourth-order valence-corrected chi connectivity index (χ4v) is 3.11. The first kappa shape index (κ1) is 14.6. The molecule has 2 N–H and O–H groups in total. The number of nitrogens with one attached hydrogen (secondary N) is 2. The van der Waals surface area contributed by atoms with E-state index < -0.39 is 0 Å². The van der Waals surface area contributed by atoms with Crippen LogP contribution in [0.5, 0.6) is 0 Å². The molecule has 0 fully saturated rings. The van der Waals surface area contributed by atoms with Crippen molar-refractivity contribution in [2.45, 2.75) is 25.9 Å².